The van der Waals surface area contributed by atoms with Crippen molar-refractivity contribution in [2.75, 3.05) is 25.0 Å². The molecule has 0 spiro atoms. The van der Waals surface area contributed by atoms with E-state index < -0.39 is 0 Å². The molecule has 1 unspecified atom stereocenters. The molecule has 0 saturated carbocycles. The summed E-state index contributed by atoms with van der Waals surface area (Å²) in [6, 6.07) is 9.93. The summed E-state index contributed by atoms with van der Waals surface area (Å²) in [6.07, 6.45) is 5.86. The van der Waals surface area contributed by atoms with Gasteiger partial charge in [-0.25, -0.2) is 15.0 Å². The monoisotopic (exact) mass is 469 g/mol. The first-order valence-corrected chi connectivity index (χ1v) is 10.3. The van der Waals surface area contributed by atoms with Gasteiger partial charge in [0.15, 0.2) is 5.65 Å². The first-order valence-electron chi connectivity index (χ1n) is 9.97. The van der Waals surface area contributed by atoms with E-state index in [9.17, 15) is 0 Å². The molecular formula is C22H30Cl3N5. The van der Waals surface area contributed by atoms with Gasteiger partial charge in [0.25, 0.3) is 0 Å². The molecule has 1 atom stereocenters. The van der Waals surface area contributed by atoms with E-state index in [2.05, 4.69) is 45.9 Å². The number of nitrogens with one attached hydrogen (secondary N) is 1. The zero-order chi connectivity index (χ0) is 19.9. The summed E-state index contributed by atoms with van der Waals surface area (Å²) < 4.78 is 0. The fourth-order valence-electron chi connectivity index (χ4n) is 3.30. The highest BCUT2D eigenvalue weighted by molar-refractivity contribution is 6.30. The van der Waals surface area contributed by atoms with Gasteiger partial charge in [-0.15, -0.1) is 24.8 Å². The van der Waals surface area contributed by atoms with Crippen molar-refractivity contribution >= 4 is 53.3 Å². The standard InChI is InChI=1S/C22H28ClN5.2ClH/c1-4-28(5-2)14-6-7-16(3)26-19-12-13-24-22-21(19)25-15-20(27-22)17-8-10-18(23)11-9-17;;/h8-13,15-16H,4-7,14H2,1-3H3,(H,24,26,27);2*1H. The normalized spacial score (nSPS) is 11.6. The van der Waals surface area contributed by atoms with Crippen LogP contribution in [0.2, 0.25) is 5.02 Å². The number of anilines is 1. The number of rotatable bonds is 9. The molecule has 30 heavy (non-hydrogen) atoms. The Hall–Kier alpha value is -1.66. The second-order valence-corrected chi connectivity index (χ2v) is 7.44. The molecule has 0 aliphatic heterocycles. The lowest BCUT2D eigenvalue weighted by molar-refractivity contribution is 0.295. The van der Waals surface area contributed by atoms with Gasteiger partial charge >= 0.3 is 0 Å². The van der Waals surface area contributed by atoms with Crippen LogP contribution in [0.25, 0.3) is 22.4 Å². The Morgan fingerprint density at radius 1 is 1.03 bits per heavy atom. The van der Waals surface area contributed by atoms with E-state index in [1.807, 2.05) is 30.3 Å². The number of benzene rings is 1. The smallest absolute Gasteiger partial charge is 0.180 e. The summed E-state index contributed by atoms with van der Waals surface area (Å²) in [7, 11) is 0. The molecule has 164 valence electrons. The maximum Gasteiger partial charge on any atom is 0.180 e. The number of pyridine rings is 1. The third-order valence-corrected chi connectivity index (χ3v) is 5.25. The minimum atomic E-state index is 0. The van der Waals surface area contributed by atoms with Gasteiger partial charge in [-0.1, -0.05) is 37.6 Å². The molecule has 0 bridgehead atoms. The SMILES string of the molecule is CCN(CC)CCCC(C)Nc1ccnc2nc(-c3ccc(Cl)cc3)cnc12.Cl.Cl. The summed E-state index contributed by atoms with van der Waals surface area (Å²) in [5, 5.41) is 4.29. The second kappa shape index (κ2) is 12.9. The van der Waals surface area contributed by atoms with Crippen LogP contribution in [-0.2, 0) is 0 Å². The summed E-state index contributed by atoms with van der Waals surface area (Å²) >= 11 is 5.97. The van der Waals surface area contributed by atoms with Crippen molar-refractivity contribution in [2.24, 2.45) is 0 Å². The predicted molar refractivity (Wildman–Crippen MR) is 132 cm³/mol. The Kier molecular flexibility index (Phi) is 11.3. The Morgan fingerprint density at radius 2 is 1.73 bits per heavy atom. The summed E-state index contributed by atoms with van der Waals surface area (Å²) in [6.45, 7) is 10.00. The lowest BCUT2D eigenvalue weighted by Gasteiger charge is -2.20. The topological polar surface area (TPSA) is 53.9 Å². The van der Waals surface area contributed by atoms with Crippen molar-refractivity contribution < 1.29 is 0 Å². The highest BCUT2D eigenvalue weighted by Gasteiger charge is 2.10. The number of hydrogen-bond donors (Lipinski definition) is 1. The molecule has 2 heterocycles. The molecule has 0 aliphatic rings. The number of nitrogens with zero attached hydrogens (tertiary/aromatic N) is 4. The lowest BCUT2D eigenvalue weighted by atomic mass is 10.1. The molecule has 8 heteroatoms. The van der Waals surface area contributed by atoms with E-state index >= 15 is 0 Å². The highest BCUT2D eigenvalue weighted by atomic mass is 35.5. The van der Waals surface area contributed by atoms with Crippen LogP contribution in [0, 0.1) is 0 Å². The van der Waals surface area contributed by atoms with Crippen molar-refractivity contribution in [3.05, 3.63) is 47.7 Å². The number of aromatic nitrogens is 3. The van der Waals surface area contributed by atoms with Crippen molar-refractivity contribution in [2.45, 2.75) is 39.7 Å². The van der Waals surface area contributed by atoms with Gasteiger partial charge in [0.2, 0.25) is 0 Å². The van der Waals surface area contributed by atoms with Gasteiger partial charge in [-0.05, 0) is 57.6 Å². The highest BCUT2D eigenvalue weighted by Crippen LogP contribution is 2.24. The van der Waals surface area contributed by atoms with E-state index in [-0.39, 0.29) is 24.8 Å². The molecule has 0 saturated heterocycles. The molecular weight excluding hydrogens is 441 g/mol. The molecule has 0 radical (unpaired) electrons. The van der Waals surface area contributed by atoms with Crippen molar-refractivity contribution in [1.82, 2.24) is 19.9 Å². The van der Waals surface area contributed by atoms with Gasteiger partial charge in [-0.3, -0.25) is 0 Å². The average Bonchev–Trinajstić information content (AvgIpc) is 2.71. The maximum atomic E-state index is 5.97. The van der Waals surface area contributed by atoms with Gasteiger partial charge in [0, 0.05) is 22.8 Å². The van der Waals surface area contributed by atoms with Crippen LogP contribution in [0.3, 0.4) is 0 Å². The first-order chi connectivity index (χ1) is 13.6. The summed E-state index contributed by atoms with van der Waals surface area (Å²) in [4.78, 5) is 16.2. The predicted octanol–water partition coefficient (Wildman–Crippen LogP) is 6.11. The van der Waals surface area contributed by atoms with Crippen molar-refractivity contribution in [1.29, 1.82) is 0 Å². The zero-order valence-electron chi connectivity index (χ0n) is 17.6. The van der Waals surface area contributed by atoms with Crippen LogP contribution in [0.5, 0.6) is 0 Å². The van der Waals surface area contributed by atoms with Gasteiger partial charge in [0.1, 0.15) is 5.52 Å². The summed E-state index contributed by atoms with van der Waals surface area (Å²) in [5.74, 6) is 0. The number of fused-ring (bicyclic) bond motifs is 1. The number of halogens is 3. The molecule has 1 aromatic carbocycles. The zero-order valence-corrected chi connectivity index (χ0v) is 20.0. The van der Waals surface area contributed by atoms with Crippen LogP contribution >= 0.6 is 36.4 Å². The fraction of sp³-hybridized carbons (Fsp3) is 0.409. The molecule has 0 fully saturated rings. The molecule has 0 amide bonds. The van der Waals surface area contributed by atoms with Crippen molar-refractivity contribution in [3.63, 3.8) is 0 Å². The van der Waals surface area contributed by atoms with Crippen LogP contribution in [-0.4, -0.2) is 45.5 Å². The van der Waals surface area contributed by atoms with Crippen LogP contribution in [0.1, 0.15) is 33.6 Å². The Bertz CT molecular complexity index is 901. The quantitative estimate of drug-likeness (QED) is 0.409. The van der Waals surface area contributed by atoms with Crippen LogP contribution < -0.4 is 5.32 Å². The van der Waals surface area contributed by atoms with Gasteiger partial charge in [0.05, 0.1) is 17.6 Å². The van der Waals surface area contributed by atoms with Gasteiger partial charge in [-0.2, -0.15) is 0 Å². The van der Waals surface area contributed by atoms with E-state index in [1.54, 1.807) is 12.4 Å². The Balaban J connectivity index is 0.00000225. The maximum absolute atomic E-state index is 5.97. The van der Waals surface area contributed by atoms with Crippen molar-refractivity contribution in [3.8, 4) is 11.3 Å². The molecule has 5 nitrogen and oxygen atoms in total. The summed E-state index contributed by atoms with van der Waals surface area (Å²) in [5.41, 5.74) is 4.20. The molecule has 3 aromatic rings. The van der Waals surface area contributed by atoms with E-state index in [0.717, 1.165) is 48.5 Å². The van der Waals surface area contributed by atoms with E-state index in [1.165, 1.54) is 6.42 Å². The third-order valence-electron chi connectivity index (χ3n) is 5.00. The first kappa shape index (κ1) is 26.4. The van der Waals surface area contributed by atoms with Gasteiger partial charge < -0.3 is 10.2 Å². The minimum absolute atomic E-state index is 0. The molecule has 3 rings (SSSR count). The Labute approximate surface area is 196 Å². The van der Waals surface area contributed by atoms with Crippen LogP contribution in [0.4, 0.5) is 5.69 Å². The molecule has 1 N–H and O–H groups in total. The minimum Gasteiger partial charge on any atom is -0.381 e. The largest absolute Gasteiger partial charge is 0.381 e. The van der Waals surface area contributed by atoms with E-state index in [0.29, 0.717) is 16.7 Å². The third kappa shape index (κ3) is 6.95. The average molecular weight is 471 g/mol. The molecule has 0 aliphatic carbocycles. The number of hydrogen-bond acceptors (Lipinski definition) is 5. The lowest BCUT2D eigenvalue weighted by Crippen LogP contribution is -2.25. The van der Waals surface area contributed by atoms with Crippen LogP contribution in [0.15, 0.2) is 42.7 Å². The fourth-order valence-corrected chi connectivity index (χ4v) is 3.42. The Morgan fingerprint density at radius 3 is 2.40 bits per heavy atom. The van der Waals surface area contributed by atoms with E-state index in [4.69, 9.17) is 11.6 Å². The second-order valence-electron chi connectivity index (χ2n) is 7.01. The molecule has 2 aromatic heterocycles.